The standard InChI is InChI=1S/C28H33N5O2S2/c1-19(2)10-11-33-27(35)24(37-28(33)36)16-22-20(3)23(17-29)26(34)30(4)25(22)32-14-12-31(13-15-32)18-21-8-6-5-7-9-21/h5-9,16,19H,10-15,18H2,1-4H3/b24-16-. The van der Waals surface area contributed by atoms with Gasteiger partial charge in [-0.25, -0.2) is 0 Å². The Morgan fingerprint density at radius 3 is 2.43 bits per heavy atom. The Balaban J connectivity index is 1.65. The van der Waals surface area contributed by atoms with Gasteiger partial charge in [0, 0.05) is 51.9 Å². The molecule has 1 aromatic carbocycles. The molecular formula is C28H33N5O2S2. The molecule has 2 saturated heterocycles. The van der Waals surface area contributed by atoms with Gasteiger partial charge in [-0.2, -0.15) is 5.26 Å². The lowest BCUT2D eigenvalue weighted by Gasteiger charge is -2.37. The molecule has 9 heteroatoms. The van der Waals surface area contributed by atoms with Crippen molar-refractivity contribution in [3.8, 4) is 6.07 Å². The number of nitriles is 1. The second-order valence-electron chi connectivity index (χ2n) is 9.98. The number of hydrogen-bond donors (Lipinski definition) is 0. The molecule has 3 heterocycles. The zero-order valence-electron chi connectivity index (χ0n) is 21.9. The van der Waals surface area contributed by atoms with Crippen LogP contribution in [0.2, 0.25) is 0 Å². The number of carbonyl (C=O) groups is 1. The highest BCUT2D eigenvalue weighted by Crippen LogP contribution is 2.36. The summed E-state index contributed by atoms with van der Waals surface area (Å²) in [6.45, 7) is 10.7. The van der Waals surface area contributed by atoms with Gasteiger partial charge in [0.05, 0.1) is 4.91 Å². The van der Waals surface area contributed by atoms with Crippen molar-refractivity contribution in [2.24, 2.45) is 13.0 Å². The van der Waals surface area contributed by atoms with E-state index in [9.17, 15) is 14.9 Å². The minimum absolute atomic E-state index is 0.107. The number of piperazine rings is 1. The van der Waals surface area contributed by atoms with Crippen LogP contribution in [-0.4, -0.2) is 57.3 Å². The van der Waals surface area contributed by atoms with Crippen LogP contribution in [0, 0.1) is 24.2 Å². The van der Waals surface area contributed by atoms with E-state index in [0.717, 1.165) is 50.5 Å². The maximum absolute atomic E-state index is 13.3. The number of nitrogens with zero attached hydrogens (tertiary/aromatic N) is 5. The van der Waals surface area contributed by atoms with Crippen LogP contribution in [0.3, 0.4) is 0 Å². The van der Waals surface area contributed by atoms with Gasteiger partial charge in [-0.15, -0.1) is 0 Å². The van der Waals surface area contributed by atoms with Crippen LogP contribution in [0.25, 0.3) is 6.08 Å². The maximum atomic E-state index is 13.3. The Hall–Kier alpha value is -2.93. The molecule has 194 valence electrons. The van der Waals surface area contributed by atoms with Gasteiger partial charge in [0.2, 0.25) is 0 Å². The SMILES string of the molecule is Cc1c(/C=C2\SC(=S)N(CCC(C)C)C2=O)c(N2CCN(Cc3ccccc3)CC2)n(C)c(=O)c1C#N. The largest absolute Gasteiger partial charge is 0.355 e. The van der Waals surface area contributed by atoms with Gasteiger partial charge in [0.1, 0.15) is 21.8 Å². The Kier molecular flexibility index (Phi) is 8.53. The van der Waals surface area contributed by atoms with Crippen molar-refractivity contribution in [3.05, 3.63) is 67.8 Å². The van der Waals surface area contributed by atoms with Crippen LogP contribution in [0.5, 0.6) is 0 Å². The number of carbonyl (C=O) groups excluding carboxylic acids is 1. The fraction of sp³-hybridized carbons (Fsp3) is 0.429. The minimum Gasteiger partial charge on any atom is -0.355 e. The monoisotopic (exact) mass is 535 g/mol. The highest BCUT2D eigenvalue weighted by atomic mass is 32.2. The predicted molar refractivity (Wildman–Crippen MR) is 154 cm³/mol. The molecule has 0 saturated carbocycles. The molecule has 0 unspecified atom stereocenters. The first-order valence-electron chi connectivity index (χ1n) is 12.6. The Labute approximate surface area is 228 Å². The summed E-state index contributed by atoms with van der Waals surface area (Å²) >= 11 is 6.81. The summed E-state index contributed by atoms with van der Waals surface area (Å²) in [5.74, 6) is 1.10. The first-order valence-corrected chi connectivity index (χ1v) is 13.8. The molecule has 1 aromatic heterocycles. The van der Waals surface area contributed by atoms with Gasteiger partial charge in [-0.3, -0.25) is 24.0 Å². The molecule has 7 nitrogen and oxygen atoms in total. The van der Waals surface area contributed by atoms with Gasteiger partial charge in [-0.05, 0) is 36.5 Å². The number of thiocarbonyl (C=S) groups is 1. The minimum atomic E-state index is -0.316. The third-order valence-corrected chi connectivity index (χ3v) is 8.35. The molecule has 0 spiro atoms. The highest BCUT2D eigenvalue weighted by molar-refractivity contribution is 8.26. The summed E-state index contributed by atoms with van der Waals surface area (Å²) in [7, 11) is 1.71. The third-order valence-electron chi connectivity index (χ3n) is 6.97. The Morgan fingerprint density at radius 2 is 1.81 bits per heavy atom. The maximum Gasteiger partial charge on any atom is 0.270 e. The first kappa shape index (κ1) is 27.1. The van der Waals surface area contributed by atoms with Gasteiger partial charge < -0.3 is 4.90 Å². The quantitative estimate of drug-likeness (QED) is 0.390. The van der Waals surface area contributed by atoms with Gasteiger partial charge in [-0.1, -0.05) is 68.2 Å². The number of pyridine rings is 1. The van der Waals surface area contributed by atoms with Gasteiger partial charge >= 0.3 is 0 Å². The van der Waals surface area contributed by atoms with E-state index in [1.807, 2.05) is 12.1 Å². The van der Waals surface area contributed by atoms with Crippen molar-refractivity contribution < 1.29 is 4.79 Å². The van der Waals surface area contributed by atoms with E-state index < -0.39 is 0 Å². The van der Waals surface area contributed by atoms with Crippen molar-refractivity contribution >= 4 is 46.1 Å². The fourth-order valence-electron chi connectivity index (χ4n) is 4.76. The van der Waals surface area contributed by atoms with E-state index >= 15 is 0 Å². The number of rotatable bonds is 7. The summed E-state index contributed by atoms with van der Waals surface area (Å²) in [6.07, 6.45) is 2.70. The van der Waals surface area contributed by atoms with Crippen LogP contribution in [0.4, 0.5) is 5.82 Å². The molecule has 0 N–H and O–H groups in total. The normalized spacial score (nSPS) is 17.8. The molecule has 0 atom stereocenters. The third kappa shape index (κ3) is 5.82. The zero-order valence-corrected chi connectivity index (χ0v) is 23.5. The molecule has 4 rings (SSSR count). The smallest absolute Gasteiger partial charge is 0.270 e. The summed E-state index contributed by atoms with van der Waals surface area (Å²) in [6, 6.07) is 12.5. The van der Waals surface area contributed by atoms with Crippen LogP contribution in [-0.2, 0) is 18.4 Å². The van der Waals surface area contributed by atoms with E-state index in [1.165, 1.54) is 17.3 Å². The van der Waals surface area contributed by atoms with E-state index in [0.29, 0.717) is 27.3 Å². The lowest BCUT2D eigenvalue weighted by molar-refractivity contribution is -0.122. The van der Waals surface area contributed by atoms with Crippen molar-refractivity contribution in [1.29, 1.82) is 5.26 Å². The van der Waals surface area contributed by atoms with Crippen molar-refractivity contribution in [1.82, 2.24) is 14.4 Å². The van der Waals surface area contributed by atoms with E-state index in [2.05, 4.69) is 54.0 Å². The second-order valence-corrected chi connectivity index (χ2v) is 11.7. The van der Waals surface area contributed by atoms with Crippen molar-refractivity contribution in [2.75, 3.05) is 37.6 Å². The number of benzene rings is 1. The molecule has 2 aliphatic heterocycles. The number of thioether (sulfide) groups is 1. The van der Waals surface area contributed by atoms with E-state index in [1.54, 1.807) is 23.4 Å². The molecule has 2 fully saturated rings. The molecular weight excluding hydrogens is 502 g/mol. The molecule has 2 aromatic rings. The molecule has 37 heavy (non-hydrogen) atoms. The van der Waals surface area contributed by atoms with E-state index in [-0.39, 0.29) is 17.0 Å². The number of aromatic nitrogens is 1. The van der Waals surface area contributed by atoms with Crippen LogP contribution >= 0.6 is 24.0 Å². The fourth-order valence-corrected chi connectivity index (χ4v) is 6.06. The van der Waals surface area contributed by atoms with Crippen LogP contribution in [0.1, 0.15) is 42.5 Å². The molecule has 1 amide bonds. The van der Waals surface area contributed by atoms with Crippen molar-refractivity contribution in [2.45, 2.75) is 33.7 Å². The summed E-state index contributed by atoms with van der Waals surface area (Å²) < 4.78 is 2.11. The number of anilines is 1. The first-order chi connectivity index (χ1) is 17.7. The summed E-state index contributed by atoms with van der Waals surface area (Å²) in [5, 5.41) is 9.74. The van der Waals surface area contributed by atoms with E-state index in [4.69, 9.17) is 12.2 Å². The summed E-state index contributed by atoms with van der Waals surface area (Å²) in [5.41, 5.74) is 2.40. The van der Waals surface area contributed by atoms with Gasteiger partial charge in [0.25, 0.3) is 11.5 Å². The second kappa shape index (κ2) is 11.6. The molecule has 0 aliphatic carbocycles. The van der Waals surface area contributed by atoms with Crippen LogP contribution < -0.4 is 10.5 Å². The Morgan fingerprint density at radius 1 is 1.14 bits per heavy atom. The van der Waals surface area contributed by atoms with Crippen LogP contribution in [0.15, 0.2) is 40.0 Å². The predicted octanol–water partition coefficient (Wildman–Crippen LogP) is 4.13. The molecule has 2 aliphatic rings. The lowest BCUT2D eigenvalue weighted by Crippen LogP contribution is -2.48. The number of hydrogen-bond acceptors (Lipinski definition) is 7. The Bertz CT molecular complexity index is 1320. The average Bonchev–Trinajstić information content (AvgIpc) is 3.15. The molecule has 0 bridgehead atoms. The molecule has 0 radical (unpaired) electrons. The topological polar surface area (TPSA) is 72.6 Å². The average molecular weight is 536 g/mol. The van der Waals surface area contributed by atoms with Gasteiger partial charge in [0.15, 0.2) is 0 Å². The zero-order chi connectivity index (χ0) is 26.7. The van der Waals surface area contributed by atoms with Crippen molar-refractivity contribution in [3.63, 3.8) is 0 Å². The lowest BCUT2D eigenvalue weighted by atomic mass is 10.0. The number of amides is 1. The highest BCUT2D eigenvalue weighted by Gasteiger charge is 2.33. The summed E-state index contributed by atoms with van der Waals surface area (Å²) in [4.78, 5) is 33.1.